The van der Waals surface area contributed by atoms with Gasteiger partial charge >= 0.3 is 0 Å². The average Bonchev–Trinajstić information content (AvgIpc) is 2.83. The molecule has 0 amide bonds. The number of aryl methyl sites for hydroxylation is 1. The van der Waals surface area contributed by atoms with Crippen LogP contribution in [-0.2, 0) is 7.05 Å². The largest absolute Gasteiger partial charge is 0.309 e. The number of aromatic nitrogens is 2. The number of likely N-dealkylation sites (N-methyl/N-ethyl adjacent to an activating group) is 1. The van der Waals surface area contributed by atoms with E-state index in [0.29, 0.717) is 6.04 Å². The highest BCUT2D eigenvalue weighted by atomic mass is 15.3. The molecule has 1 fully saturated rings. The van der Waals surface area contributed by atoms with Crippen molar-refractivity contribution in [3.63, 3.8) is 0 Å². The van der Waals surface area contributed by atoms with E-state index in [1.54, 1.807) is 0 Å². The van der Waals surface area contributed by atoms with Crippen LogP contribution in [-0.4, -0.2) is 65.9 Å². The van der Waals surface area contributed by atoms with Gasteiger partial charge in [-0.25, -0.2) is 0 Å². The molecule has 1 aliphatic rings. The molecule has 0 radical (unpaired) electrons. The van der Waals surface area contributed by atoms with Gasteiger partial charge in [-0.15, -0.1) is 0 Å². The summed E-state index contributed by atoms with van der Waals surface area (Å²) in [5.41, 5.74) is 1.25. The van der Waals surface area contributed by atoms with Gasteiger partial charge in [0.05, 0.1) is 5.69 Å². The molecule has 0 bridgehead atoms. The number of hydrogen-bond acceptors (Lipinski definition) is 4. The van der Waals surface area contributed by atoms with Gasteiger partial charge in [0.2, 0.25) is 0 Å². The molecule has 108 valence electrons. The quantitative estimate of drug-likeness (QED) is 0.769. The Morgan fingerprint density at radius 2 is 2.00 bits per heavy atom. The Morgan fingerprint density at radius 1 is 1.26 bits per heavy atom. The lowest BCUT2D eigenvalue weighted by atomic mass is 10.2. The third-order valence-electron chi connectivity index (χ3n) is 4.00. The van der Waals surface area contributed by atoms with E-state index in [9.17, 15) is 0 Å². The van der Waals surface area contributed by atoms with Crippen molar-refractivity contribution >= 4 is 0 Å². The SMILES string of the molecule is CC(NCCCN1CCN(C)CC1)c1ccnn1C. The van der Waals surface area contributed by atoms with Gasteiger partial charge in [0.1, 0.15) is 0 Å². The molecule has 1 aromatic rings. The average molecular weight is 265 g/mol. The fraction of sp³-hybridized carbons (Fsp3) is 0.786. The van der Waals surface area contributed by atoms with Crippen molar-refractivity contribution in [2.45, 2.75) is 19.4 Å². The van der Waals surface area contributed by atoms with Crippen molar-refractivity contribution in [2.24, 2.45) is 7.05 Å². The fourth-order valence-corrected chi connectivity index (χ4v) is 2.61. The second-order valence-electron chi connectivity index (χ2n) is 5.55. The first kappa shape index (κ1) is 14.5. The van der Waals surface area contributed by atoms with E-state index in [1.807, 2.05) is 17.9 Å². The van der Waals surface area contributed by atoms with Gasteiger partial charge in [-0.1, -0.05) is 0 Å². The lowest BCUT2D eigenvalue weighted by Crippen LogP contribution is -2.45. The van der Waals surface area contributed by atoms with Crippen LogP contribution < -0.4 is 5.32 Å². The molecular weight excluding hydrogens is 238 g/mol. The van der Waals surface area contributed by atoms with E-state index in [2.05, 4.69) is 40.3 Å². The highest BCUT2D eigenvalue weighted by Gasteiger charge is 2.13. The zero-order valence-electron chi connectivity index (χ0n) is 12.5. The molecular formula is C14H27N5. The first-order valence-corrected chi connectivity index (χ1v) is 7.29. The highest BCUT2D eigenvalue weighted by Crippen LogP contribution is 2.09. The number of piperazine rings is 1. The van der Waals surface area contributed by atoms with Gasteiger partial charge in [-0.2, -0.15) is 5.10 Å². The molecule has 1 unspecified atom stereocenters. The standard InChI is InChI=1S/C14H27N5/c1-13(14-5-7-16-18(14)3)15-6-4-8-19-11-9-17(2)10-12-19/h5,7,13,15H,4,6,8-12H2,1-3H3. The summed E-state index contributed by atoms with van der Waals surface area (Å²) in [6, 6.07) is 2.46. The van der Waals surface area contributed by atoms with E-state index >= 15 is 0 Å². The van der Waals surface area contributed by atoms with Crippen LogP contribution >= 0.6 is 0 Å². The van der Waals surface area contributed by atoms with Gasteiger partial charge < -0.3 is 15.1 Å². The van der Waals surface area contributed by atoms with Crippen molar-refractivity contribution < 1.29 is 0 Å². The Morgan fingerprint density at radius 3 is 2.63 bits per heavy atom. The molecule has 2 heterocycles. The molecule has 0 spiro atoms. The Hall–Kier alpha value is -0.910. The van der Waals surface area contributed by atoms with Crippen molar-refractivity contribution in [3.8, 4) is 0 Å². The van der Waals surface area contributed by atoms with Gasteiger partial charge in [-0.3, -0.25) is 4.68 Å². The molecule has 1 atom stereocenters. The maximum Gasteiger partial charge on any atom is 0.0547 e. The molecule has 0 aliphatic carbocycles. The van der Waals surface area contributed by atoms with Crippen molar-refractivity contribution in [3.05, 3.63) is 18.0 Å². The van der Waals surface area contributed by atoms with Gasteiger partial charge in [0.15, 0.2) is 0 Å². The maximum absolute atomic E-state index is 4.21. The van der Waals surface area contributed by atoms with Crippen LogP contribution in [0.3, 0.4) is 0 Å². The number of rotatable bonds is 6. The fourth-order valence-electron chi connectivity index (χ4n) is 2.61. The van der Waals surface area contributed by atoms with Crippen LogP contribution in [0.5, 0.6) is 0 Å². The Kier molecular flexibility index (Phi) is 5.36. The van der Waals surface area contributed by atoms with Crippen LogP contribution in [0.15, 0.2) is 12.3 Å². The number of nitrogens with one attached hydrogen (secondary N) is 1. The normalized spacial score (nSPS) is 19.7. The molecule has 5 nitrogen and oxygen atoms in total. The summed E-state index contributed by atoms with van der Waals surface area (Å²) in [6.07, 6.45) is 3.07. The predicted octanol–water partition coefficient (Wildman–Crippen LogP) is 0.708. The van der Waals surface area contributed by atoms with Crippen LogP contribution in [0.1, 0.15) is 25.1 Å². The molecule has 0 saturated carbocycles. The lowest BCUT2D eigenvalue weighted by Gasteiger charge is -2.32. The topological polar surface area (TPSA) is 36.3 Å². The zero-order chi connectivity index (χ0) is 13.7. The van der Waals surface area contributed by atoms with Gasteiger partial charge in [0.25, 0.3) is 0 Å². The second-order valence-corrected chi connectivity index (χ2v) is 5.55. The van der Waals surface area contributed by atoms with Gasteiger partial charge in [-0.05, 0) is 39.5 Å². The summed E-state index contributed by atoms with van der Waals surface area (Å²) in [6.45, 7) is 9.32. The molecule has 1 N–H and O–H groups in total. The first-order chi connectivity index (χ1) is 9.16. The minimum atomic E-state index is 0.375. The molecule has 5 heteroatoms. The van der Waals surface area contributed by atoms with E-state index in [1.165, 1.54) is 44.8 Å². The monoisotopic (exact) mass is 265 g/mol. The molecule has 0 aromatic carbocycles. The van der Waals surface area contributed by atoms with Crippen molar-refractivity contribution in [1.82, 2.24) is 24.9 Å². The summed E-state index contributed by atoms with van der Waals surface area (Å²) in [4.78, 5) is 4.97. The van der Waals surface area contributed by atoms with E-state index in [4.69, 9.17) is 0 Å². The number of nitrogens with zero attached hydrogens (tertiary/aromatic N) is 4. The van der Waals surface area contributed by atoms with E-state index in [0.717, 1.165) is 6.54 Å². The van der Waals surface area contributed by atoms with Crippen LogP contribution in [0.25, 0.3) is 0 Å². The summed E-state index contributed by atoms with van der Waals surface area (Å²) < 4.78 is 1.94. The van der Waals surface area contributed by atoms with Crippen LogP contribution in [0, 0.1) is 0 Å². The predicted molar refractivity (Wildman–Crippen MR) is 78.2 cm³/mol. The summed E-state index contributed by atoms with van der Waals surface area (Å²) in [7, 11) is 4.20. The third kappa shape index (κ3) is 4.30. The number of hydrogen-bond donors (Lipinski definition) is 1. The summed E-state index contributed by atoms with van der Waals surface area (Å²) in [5.74, 6) is 0. The second kappa shape index (κ2) is 7.03. The first-order valence-electron chi connectivity index (χ1n) is 7.29. The van der Waals surface area contributed by atoms with Crippen molar-refractivity contribution in [2.75, 3.05) is 46.3 Å². The smallest absolute Gasteiger partial charge is 0.0547 e. The maximum atomic E-state index is 4.21. The molecule has 2 rings (SSSR count). The minimum absolute atomic E-state index is 0.375. The highest BCUT2D eigenvalue weighted by molar-refractivity contribution is 5.04. The van der Waals surface area contributed by atoms with Gasteiger partial charge in [0, 0.05) is 45.5 Å². The molecule has 1 aromatic heterocycles. The van der Waals surface area contributed by atoms with E-state index in [-0.39, 0.29) is 0 Å². The van der Waals surface area contributed by atoms with E-state index < -0.39 is 0 Å². The van der Waals surface area contributed by atoms with Crippen molar-refractivity contribution in [1.29, 1.82) is 0 Å². The Balaban J connectivity index is 1.60. The van der Waals surface area contributed by atoms with Crippen LogP contribution in [0.4, 0.5) is 0 Å². The minimum Gasteiger partial charge on any atom is -0.309 e. The summed E-state index contributed by atoms with van der Waals surface area (Å²) >= 11 is 0. The molecule has 1 aliphatic heterocycles. The Bertz CT molecular complexity index is 368. The third-order valence-corrected chi connectivity index (χ3v) is 4.00. The lowest BCUT2D eigenvalue weighted by molar-refractivity contribution is 0.152. The molecule has 19 heavy (non-hydrogen) atoms. The van der Waals surface area contributed by atoms with Crippen LogP contribution in [0.2, 0.25) is 0 Å². The summed E-state index contributed by atoms with van der Waals surface area (Å²) in [5, 5.41) is 7.79. The Labute approximate surface area is 116 Å². The molecule has 1 saturated heterocycles. The zero-order valence-corrected chi connectivity index (χ0v) is 12.5.